The van der Waals surface area contributed by atoms with E-state index in [9.17, 15) is 30.1 Å². The molecule has 25 heavy (non-hydrogen) atoms. The van der Waals surface area contributed by atoms with Gasteiger partial charge in [0.15, 0.2) is 5.79 Å². The quantitative estimate of drug-likeness (QED) is 0.289. The Bertz CT molecular complexity index is 795. The van der Waals surface area contributed by atoms with Crippen LogP contribution in [0.3, 0.4) is 0 Å². The van der Waals surface area contributed by atoms with Crippen LogP contribution in [-0.4, -0.2) is 35.3 Å². The molecule has 0 atom stereocenters. The van der Waals surface area contributed by atoms with Crippen molar-refractivity contribution in [1.82, 2.24) is 0 Å². The molecule has 0 aliphatic rings. The van der Waals surface area contributed by atoms with Crippen LogP contribution < -0.4 is 4.52 Å². The number of hydrogen-bond donors (Lipinski definition) is 7. The average Bonchev–Trinajstić information content (AvgIpc) is 2.43. The summed E-state index contributed by atoms with van der Waals surface area (Å²) in [6, 6.07) is 7.45. The van der Waals surface area contributed by atoms with Gasteiger partial charge in [-0.05, 0) is 24.1 Å². The Morgan fingerprint density at radius 3 is 2.12 bits per heavy atom. The van der Waals surface area contributed by atoms with Gasteiger partial charge in [0.25, 0.3) is 0 Å². The molecule has 136 valence electrons. The Labute approximate surface area is 142 Å². The van der Waals surface area contributed by atoms with Crippen molar-refractivity contribution in [3.8, 4) is 23.0 Å². The van der Waals surface area contributed by atoms with Gasteiger partial charge < -0.3 is 30.1 Å². The zero-order valence-electron chi connectivity index (χ0n) is 12.8. The van der Waals surface area contributed by atoms with E-state index in [0.717, 1.165) is 12.1 Å². The molecule has 0 saturated carbocycles. The first kappa shape index (κ1) is 19.0. The molecule has 0 bridgehead atoms. The van der Waals surface area contributed by atoms with Crippen molar-refractivity contribution in [2.24, 2.45) is 0 Å². The fourth-order valence-corrected chi connectivity index (χ4v) is 2.70. The molecule has 0 saturated heterocycles. The number of benzene rings is 2. The van der Waals surface area contributed by atoms with Gasteiger partial charge in [-0.3, -0.25) is 9.79 Å². The minimum Gasteiger partial charge on any atom is -0.508 e. The Hall–Kier alpha value is -2.29. The minimum atomic E-state index is -5.08. The standard InChI is InChI=1S/C15H17O9P/c16-10-3-1-9(2-4-10)5-6-15(19,20)14-12(18)7-11(17)8-13(14)24-25(21,22)23/h1-4,7-8,16-20H,5-6H2,(H2,21,22,23). The van der Waals surface area contributed by atoms with E-state index in [4.69, 9.17) is 9.79 Å². The zero-order chi connectivity index (χ0) is 18.8. The second-order valence-corrected chi connectivity index (χ2v) is 6.57. The highest BCUT2D eigenvalue weighted by Crippen LogP contribution is 2.47. The van der Waals surface area contributed by atoms with Gasteiger partial charge in [-0.2, -0.15) is 0 Å². The van der Waals surface area contributed by atoms with E-state index in [2.05, 4.69) is 4.52 Å². The van der Waals surface area contributed by atoms with Crippen LogP contribution in [0.15, 0.2) is 36.4 Å². The number of aromatic hydroxyl groups is 3. The lowest BCUT2D eigenvalue weighted by atomic mass is 9.96. The van der Waals surface area contributed by atoms with E-state index >= 15 is 0 Å². The first-order valence-electron chi connectivity index (χ1n) is 7.02. The monoisotopic (exact) mass is 372 g/mol. The SMILES string of the molecule is O=P(O)(O)Oc1cc(O)cc(O)c1C(O)(O)CCc1ccc(O)cc1. The zero-order valence-corrected chi connectivity index (χ0v) is 13.7. The van der Waals surface area contributed by atoms with E-state index < -0.39 is 36.4 Å². The first-order valence-corrected chi connectivity index (χ1v) is 8.55. The molecule has 0 unspecified atom stereocenters. The minimum absolute atomic E-state index is 0.0384. The summed E-state index contributed by atoms with van der Waals surface area (Å²) in [6.45, 7) is 0. The number of phenolic OH excluding ortho intramolecular Hbond substituents is 3. The van der Waals surface area contributed by atoms with Gasteiger partial charge in [0.05, 0.1) is 5.56 Å². The molecule has 0 amide bonds. The van der Waals surface area contributed by atoms with Crippen LogP contribution in [0.4, 0.5) is 0 Å². The normalized spacial score (nSPS) is 12.2. The van der Waals surface area contributed by atoms with Crippen LogP contribution in [0.1, 0.15) is 17.5 Å². The first-order chi connectivity index (χ1) is 11.5. The number of phosphoric acid groups is 1. The predicted octanol–water partition coefficient (Wildman–Crippen LogP) is 1.05. The van der Waals surface area contributed by atoms with Crippen LogP contribution in [0, 0.1) is 0 Å². The van der Waals surface area contributed by atoms with E-state index in [1.807, 2.05) is 0 Å². The highest BCUT2D eigenvalue weighted by molar-refractivity contribution is 7.46. The van der Waals surface area contributed by atoms with Crippen LogP contribution in [0.25, 0.3) is 0 Å². The lowest BCUT2D eigenvalue weighted by molar-refractivity contribution is -0.175. The number of aryl methyl sites for hydroxylation is 1. The van der Waals surface area contributed by atoms with Gasteiger partial charge in [0.2, 0.25) is 0 Å². The van der Waals surface area contributed by atoms with Crippen molar-refractivity contribution in [1.29, 1.82) is 0 Å². The van der Waals surface area contributed by atoms with Crippen LogP contribution in [0.2, 0.25) is 0 Å². The Morgan fingerprint density at radius 1 is 0.960 bits per heavy atom. The summed E-state index contributed by atoms with van der Waals surface area (Å²) in [6.07, 6.45) is -0.267. The Kier molecular flexibility index (Phi) is 5.26. The molecular weight excluding hydrogens is 355 g/mol. The van der Waals surface area contributed by atoms with E-state index in [0.29, 0.717) is 5.56 Å². The van der Waals surface area contributed by atoms with Crippen LogP contribution in [-0.2, 0) is 16.8 Å². The van der Waals surface area contributed by atoms with Gasteiger partial charge in [-0.15, -0.1) is 0 Å². The van der Waals surface area contributed by atoms with Crippen molar-refractivity contribution < 1.29 is 44.4 Å². The summed E-state index contributed by atoms with van der Waals surface area (Å²) in [4.78, 5) is 17.8. The maximum absolute atomic E-state index is 11.0. The molecule has 2 aromatic carbocycles. The average molecular weight is 372 g/mol. The highest BCUT2D eigenvalue weighted by Gasteiger charge is 2.35. The Balaban J connectivity index is 2.33. The summed E-state index contributed by atoms with van der Waals surface area (Å²) in [5.41, 5.74) is -0.0478. The Morgan fingerprint density at radius 2 is 1.56 bits per heavy atom. The van der Waals surface area contributed by atoms with Gasteiger partial charge >= 0.3 is 7.82 Å². The molecular formula is C15H17O9P. The van der Waals surface area contributed by atoms with E-state index in [-0.39, 0.29) is 18.6 Å². The molecule has 2 aromatic rings. The van der Waals surface area contributed by atoms with Crippen molar-refractivity contribution >= 4 is 7.82 Å². The summed E-state index contributed by atoms with van der Waals surface area (Å²) in [5, 5.41) is 49.1. The van der Waals surface area contributed by atoms with Gasteiger partial charge in [-0.1, -0.05) is 12.1 Å². The molecule has 0 aliphatic heterocycles. The number of phosphoric ester groups is 1. The lowest BCUT2D eigenvalue weighted by Crippen LogP contribution is -2.26. The number of phenols is 3. The van der Waals surface area contributed by atoms with E-state index in [1.54, 1.807) is 12.1 Å². The second-order valence-electron chi connectivity index (χ2n) is 5.40. The molecule has 0 aromatic heterocycles. The third kappa shape index (κ3) is 5.09. The number of hydrogen-bond acceptors (Lipinski definition) is 7. The highest BCUT2D eigenvalue weighted by atomic mass is 31.2. The van der Waals surface area contributed by atoms with Gasteiger partial charge in [0, 0.05) is 18.6 Å². The van der Waals surface area contributed by atoms with Gasteiger partial charge in [0.1, 0.15) is 23.0 Å². The van der Waals surface area contributed by atoms with Crippen LogP contribution >= 0.6 is 7.82 Å². The van der Waals surface area contributed by atoms with Crippen molar-refractivity contribution in [2.45, 2.75) is 18.6 Å². The number of aliphatic hydroxyl groups is 2. The predicted molar refractivity (Wildman–Crippen MR) is 85.0 cm³/mol. The molecule has 0 spiro atoms. The number of rotatable bonds is 6. The van der Waals surface area contributed by atoms with Crippen molar-refractivity contribution in [3.05, 3.63) is 47.5 Å². The summed E-state index contributed by atoms with van der Waals surface area (Å²) in [5.74, 6) is -4.82. The molecule has 0 aliphatic carbocycles. The molecule has 10 heteroatoms. The fourth-order valence-electron chi connectivity index (χ4n) is 2.30. The van der Waals surface area contributed by atoms with Crippen molar-refractivity contribution in [2.75, 3.05) is 0 Å². The summed E-state index contributed by atoms with van der Waals surface area (Å²) < 4.78 is 15.4. The smallest absolute Gasteiger partial charge is 0.508 e. The largest absolute Gasteiger partial charge is 0.524 e. The third-order valence-electron chi connectivity index (χ3n) is 3.38. The maximum Gasteiger partial charge on any atom is 0.524 e. The van der Waals surface area contributed by atoms with Crippen LogP contribution in [0.5, 0.6) is 23.0 Å². The molecule has 0 radical (unpaired) electrons. The lowest BCUT2D eigenvalue weighted by Gasteiger charge is -2.25. The molecule has 0 heterocycles. The summed E-state index contributed by atoms with van der Waals surface area (Å²) in [7, 11) is -5.08. The van der Waals surface area contributed by atoms with Gasteiger partial charge in [-0.25, -0.2) is 4.57 Å². The fraction of sp³-hybridized carbons (Fsp3) is 0.200. The van der Waals surface area contributed by atoms with E-state index in [1.165, 1.54) is 12.1 Å². The second kappa shape index (κ2) is 6.91. The molecule has 9 nitrogen and oxygen atoms in total. The van der Waals surface area contributed by atoms with Crippen molar-refractivity contribution in [3.63, 3.8) is 0 Å². The third-order valence-corrected chi connectivity index (χ3v) is 3.82. The molecule has 2 rings (SSSR count). The molecule has 0 fully saturated rings. The summed E-state index contributed by atoms with van der Waals surface area (Å²) >= 11 is 0. The topological polar surface area (TPSA) is 168 Å². The molecule has 7 N–H and O–H groups in total. The maximum atomic E-state index is 11.0.